The largest absolute Gasteiger partial charge is 0.481 e. The molecule has 0 heterocycles. The maximum atomic E-state index is 11.9. The van der Waals surface area contributed by atoms with Crippen molar-refractivity contribution in [2.75, 3.05) is 6.54 Å². The van der Waals surface area contributed by atoms with E-state index in [9.17, 15) is 9.90 Å². The van der Waals surface area contributed by atoms with Gasteiger partial charge < -0.3 is 15.2 Å². The molecule has 0 aliphatic carbocycles. The molecule has 0 radical (unpaired) electrons. The molecular weight excluding hydrogens is 266 g/mol. The van der Waals surface area contributed by atoms with E-state index in [1.807, 2.05) is 24.3 Å². The third-order valence-electron chi connectivity index (χ3n) is 3.16. The molecule has 118 valence electrons. The lowest BCUT2D eigenvalue weighted by molar-refractivity contribution is -0.127. The van der Waals surface area contributed by atoms with E-state index in [1.165, 1.54) is 0 Å². The molecule has 1 aromatic carbocycles. The van der Waals surface area contributed by atoms with Crippen molar-refractivity contribution >= 4 is 5.91 Å². The fourth-order valence-corrected chi connectivity index (χ4v) is 1.93. The predicted octanol–water partition coefficient (Wildman–Crippen LogP) is 2.54. The third-order valence-corrected chi connectivity index (χ3v) is 3.16. The lowest BCUT2D eigenvalue weighted by Gasteiger charge is -2.15. The maximum absolute atomic E-state index is 11.9. The van der Waals surface area contributed by atoms with E-state index in [4.69, 9.17) is 4.74 Å². The smallest absolute Gasteiger partial charge is 0.260 e. The summed E-state index contributed by atoms with van der Waals surface area (Å²) in [6.45, 7) is 8.43. The zero-order chi connectivity index (χ0) is 15.8. The number of amides is 1. The van der Waals surface area contributed by atoms with Crippen molar-refractivity contribution in [2.24, 2.45) is 5.92 Å². The van der Waals surface area contributed by atoms with Gasteiger partial charge in [0, 0.05) is 6.54 Å². The topological polar surface area (TPSA) is 58.6 Å². The minimum atomic E-state index is -0.514. The van der Waals surface area contributed by atoms with Crippen molar-refractivity contribution in [3.8, 4) is 5.75 Å². The van der Waals surface area contributed by atoms with E-state index in [0.717, 1.165) is 12.0 Å². The van der Waals surface area contributed by atoms with Crippen LogP contribution in [0, 0.1) is 5.92 Å². The van der Waals surface area contributed by atoms with Crippen LogP contribution >= 0.6 is 0 Å². The van der Waals surface area contributed by atoms with Crippen LogP contribution in [-0.2, 0) is 11.2 Å². The number of ether oxygens (including phenoxy) is 1. The molecule has 4 heteroatoms. The van der Waals surface area contributed by atoms with Crippen molar-refractivity contribution < 1.29 is 14.6 Å². The summed E-state index contributed by atoms with van der Waals surface area (Å²) in [6.07, 6.45) is 0.708. The Labute approximate surface area is 127 Å². The van der Waals surface area contributed by atoms with Crippen LogP contribution in [0.3, 0.4) is 0 Å². The second-order valence-electron chi connectivity index (χ2n) is 5.93. The van der Waals surface area contributed by atoms with Crippen LogP contribution in [0.25, 0.3) is 0 Å². The summed E-state index contributed by atoms with van der Waals surface area (Å²) in [5.74, 6) is 1.14. The molecule has 1 aromatic rings. The van der Waals surface area contributed by atoms with Crippen molar-refractivity contribution in [2.45, 2.75) is 52.7 Å². The summed E-state index contributed by atoms with van der Waals surface area (Å²) >= 11 is 0. The summed E-state index contributed by atoms with van der Waals surface area (Å²) in [4.78, 5) is 11.9. The van der Waals surface area contributed by atoms with Gasteiger partial charge in [0.25, 0.3) is 5.91 Å². The average Bonchev–Trinajstić information content (AvgIpc) is 2.39. The molecule has 0 saturated carbocycles. The standard InChI is InChI=1S/C17H27NO3/c1-12(2)9-10-18-17(20)14(4)21-16-7-5-15(6-8-16)11-13(3)19/h5-8,12-14,19H,9-11H2,1-4H3,(H,18,20). The zero-order valence-corrected chi connectivity index (χ0v) is 13.4. The molecule has 2 atom stereocenters. The lowest BCUT2D eigenvalue weighted by Crippen LogP contribution is -2.37. The minimum absolute atomic E-state index is 0.0938. The summed E-state index contributed by atoms with van der Waals surface area (Å²) in [6, 6.07) is 7.47. The summed E-state index contributed by atoms with van der Waals surface area (Å²) in [7, 11) is 0. The molecule has 0 saturated heterocycles. The van der Waals surface area contributed by atoms with Crippen LogP contribution in [0.5, 0.6) is 5.75 Å². The van der Waals surface area contributed by atoms with Crippen LogP contribution < -0.4 is 10.1 Å². The van der Waals surface area contributed by atoms with Crippen LogP contribution in [0.4, 0.5) is 0 Å². The fourth-order valence-electron chi connectivity index (χ4n) is 1.93. The molecule has 0 bridgehead atoms. The Morgan fingerprint density at radius 3 is 2.33 bits per heavy atom. The molecule has 1 amide bonds. The van der Waals surface area contributed by atoms with E-state index in [0.29, 0.717) is 24.6 Å². The first-order valence-electron chi connectivity index (χ1n) is 7.60. The van der Waals surface area contributed by atoms with E-state index >= 15 is 0 Å². The second kappa shape index (κ2) is 8.67. The van der Waals surface area contributed by atoms with Gasteiger partial charge in [0.1, 0.15) is 5.75 Å². The summed E-state index contributed by atoms with van der Waals surface area (Å²) in [5, 5.41) is 12.2. The Balaban J connectivity index is 2.43. The Bertz CT molecular complexity index is 426. The number of hydrogen-bond donors (Lipinski definition) is 2. The van der Waals surface area contributed by atoms with Gasteiger partial charge in [-0.05, 0) is 50.3 Å². The van der Waals surface area contributed by atoms with E-state index in [2.05, 4.69) is 19.2 Å². The molecule has 1 rings (SSSR count). The first kappa shape index (κ1) is 17.5. The van der Waals surface area contributed by atoms with Crippen molar-refractivity contribution in [3.63, 3.8) is 0 Å². The Morgan fingerprint density at radius 1 is 1.19 bits per heavy atom. The number of benzene rings is 1. The Morgan fingerprint density at radius 2 is 1.81 bits per heavy atom. The van der Waals surface area contributed by atoms with Gasteiger partial charge in [-0.2, -0.15) is 0 Å². The third kappa shape index (κ3) is 7.14. The highest BCUT2D eigenvalue weighted by Gasteiger charge is 2.14. The van der Waals surface area contributed by atoms with Crippen molar-refractivity contribution in [1.29, 1.82) is 0 Å². The van der Waals surface area contributed by atoms with Gasteiger partial charge in [-0.1, -0.05) is 26.0 Å². The van der Waals surface area contributed by atoms with Crippen molar-refractivity contribution in [1.82, 2.24) is 5.32 Å². The minimum Gasteiger partial charge on any atom is -0.481 e. The number of carbonyl (C=O) groups excluding carboxylic acids is 1. The monoisotopic (exact) mass is 293 g/mol. The van der Waals surface area contributed by atoms with Gasteiger partial charge in [0.2, 0.25) is 0 Å². The van der Waals surface area contributed by atoms with Crippen LogP contribution in [0.1, 0.15) is 39.7 Å². The molecule has 0 aliphatic rings. The molecule has 0 fully saturated rings. The van der Waals surface area contributed by atoms with Crippen LogP contribution in [-0.4, -0.2) is 29.8 Å². The summed E-state index contributed by atoms with van der Waals surface area (Å²) < 4.78 is 5.62. The SMILES string of the molecule is CC(C)CCNC(=O)C(C)Oc1ccc(CC(C)O)cc1. The van der Waals surface area contributed by atoms with Gasteiger partial charge in [0.15, 0.2) is 6.10 Å². The second-order valence-corrected chi connectivity index (χ2v) is 5.93. The molecular formula is C17H27NO3. The fraction of sp³-hybridized carbons (Fsp3) is 0.588. The summed E-state index contributed by atoms with van der Waals surface area (Å²) in [5.41, 5.74) is 1.05. The van der Waals surface area contributed by atoms with E-state index in [-0.39, 0.29) is 12.0 Å². The van der Waals surface area contributed by atoms with Gasteiger partial charge in [-0.25, -0.2) is 0 Å². The first-order valence-corrected chi connectivity index (χ1v) is 7.60. The number of aliphatic hydroxyl groups is 1. The zero-order valence-electron chi connectivity index (χ0n) is 13.4. The Kier molecular flexibility index (Phi) is 7.23. The van der Waals surface area contributed by atoms with Crippen LogP contribution in [0.2, 0.25) is 0 Å². The van der Waals surface area contributed by atoms with Crippen LogP contribution in [0.15, 0.2) is 24.3 Å². The molecule has 4 nitrogen and oxygen atoms in total. The molecule has 0 spiro atoms. The van der Waals surface area contributed by atoms with Gasteiger partial charge in [-0.3, -0.25) is 4.79 Å². The highest BCUT2D eigenvalue weighted by Crippen LogP contribution is 2.15. The maximum Gasteiger partial charge on any atom is 0.260 e. The van der Waals surface area contributed by atoms with E-state index < -0.39 is 6.10 Å². The normalized spacial score (nSPS) is 13.8. The highest BCUT2D eigenvalue weighted by molar-refractivity contribution is 5.80. The predicted molar refractivity (Wildman–Crippen MR) is 84.4 cm³/mol. The number of nitrogens with one attached hydrogen (secondary N) is 1. The van der Waals surface area contributed by atoms with Crippen molar-refractivity contribution in [3.05, 3.63) is 29.8 Å². The number of aliphatic hydroxyl groups excluding tert-OH is 1. The Hall–Kier alpha value is -1.55. The average molecular weight is 293 g/mol. The molecule has 21 heavy (non-hydrogen) atoms. The number of carbonyl (C=O) groups is 1. The van der Waals surface area contributed by atoms with Gasteiger partial charge >= 0.3 is 0 Å². The molecule has 0 aromatic heterocycles. The number of rotatable bonds is 8. The first-order chi connectivity index (χ1) is 9.88. The highest BCUT2D eigenvalue weighted by atomic mass is 16.5. The number of hydrogen-bond acceptors (Lipinski definition) is 3. The van der Waals surface area contributed by atoms with Gasteiger partial charge in [0.05, 0.1) is 6.10 Å². The van der Waals surface area contributed by atoms with Gasteiger partial charge in [-0.15, -0.1) is 0 Å². The quantitative estimate of drug-likeness (QED) is 0.774. The van der Waals surface area contributed by atoms with E-state index in [1.54, 1.807) is 13.8 Å². The molecule has 2 N–H and O–H groups in total. The molecule has 0 aliphatic heterocycles. The molecule has 2 unspecified atom stereocenters. The lowest BCUT2D eigenvalue weighted by atomic mass is 10.1.